The number of pyridine rings is 1. The van der Waals surface area contributed by atoms with Gasteiger partial charge in [0.1, 0.15) is 17.5 Å². The topological polar surface area (TPSA) is 119 Å². The Morgan fingerprint density at radius 2 is 2.03 bits per heavy atom. The molecule has 1 aliphatic heterocycles. The van der Waals surface area contributed by atoms with Crippen LogP contribution in [-0.2, 0) is 4.74 Å². The highest BCUT2D eigenvalue weighted by atomic mass is 35.5. The first-order valence-electron chi connectivity index (χ1n) is 10.7. The Labute approximate surface area is 219 Å². The number of anilines is 1. The molecule has 4 N–H and O–H groups in total. The number of nitrogens with zero attached hydrogens (tertiary/aromatic N) is 4. The highest BCUT2D eigenvalue weighted by molar-refractivity contribution is 8.00. The fourth-order valence-electron chi connectivity index (χ4n) is 3.07. The van der Waals surface area contributed by atoms with Crippen LogP contribution in [0.25, 0.3) is 5.57 Å². The van der Waals surface area contributed by atoms with Crippen LogP contribution >= 0.6 is 23.5 Å². The Hall–Kier alpha value is -3.25. The molecule has 0 saturated heterocycles. The second-order valence-corrected chi connectivity index (χ2v) is 8.12. The van der Waals surface area contributed by atoms with Gasteiger partial charge in [-0.3, -0.25) is 15.0 Å². The lowest BCUT2D eigenvalue weighted by molar-refractivity contribution is 0.208. The molecular weight excluding hydrogens is 505 g/mol. The van der Waals surface area contributed by atoms with E-state index in [4.69, 9.17) is 21.1 Å². The van der Waals surface area contributed by atoms with Crippen LogP contribution in [0.15, 0.2) is 68.2 Å². The van der Waals surface area contributed by atoms with Crippen LogP contribution in [0, 0.1) is 5.82 Å². The zero-order valence-electron chi connectivity index (χ0n) is 20.5. The number of hydrogen-bond donors (Lipinski definition) is 3. The van der Waals surface area contributed by atoms with Crippen molar-refractivity contribution < 1.29 is 13.9 Å². The van der Waals surface area contributed by atoms with Gasteiger partial charge in [0.2, 0.25) is 5.88 Å². The predicted molar refractivity (Wildman–Crippen MR) is 148 cm³/mol. The Balaban J connectivity index is 0.00000222. The van der Waals surface area contributed by atoms with Crippen molar-refractivity contribution in [3.05, 3.63) is 64.7 Å². The maximum absolute atomic E-state index is 14.7. The van der Waals surface area contributed by atoms with Gasteiger partial charge in [0.15, 0.2) is 0 Å². The maximum atomic E-state index is 14.7. The van der Waals surface area contributed by atoms with Crippen LogP contribution in [0.3, 0.4) is 0 Å². The lowest BCUT2D eigenvalue weighted by Gasteiger charge is -2.22. The van der Waals surface area contributed by atoms with Crippen molar-refractivity contribution in [2.75, 3.05) is 46.2 Å². The van der Waals surface area contributed by atoms with E-state index in [1.165, 1.54) is 44.4 Å². The molecule has 0 radical (unpaired) electrons. The Kier molecular flexibility index (Phi) is 12.1. The number of amidine groups is 2. The largest absolute Gasteiger partial charge is 0.480 e. The lowest BCUT2D eigenvalue weighted by atomic mass is 9.97. The van der Waals surface area contributed by atoms with Crippen LogP contribution < -0.4 is 20.5 Å². The summed E-state index contributed by atoms with van der Waals surface area (Å²) in [6, 6.07) is 6.35. The molecule has 192 valence electrons. The normalized spacial score (nSPS) is 16.2. The van der Waals surface area contributed by atoms with Crippen molar-refractivity contribution in [2.45, 2.75) is 4.90 Å². The first-order valence-corrected chi connectivity index (χ1v) is 11.8. The standard InChI is InChI=1S/C23H24ClFN6O2S.CH5N/c1-26-12-15-9-19(22(28-5-6-32-3)30-21(15)27-2)14-7-17(25)11-18(8-14)31-34-20-10-16(24)13-29-23(20)33-4;1-2/h7-13,31H,1,5-6H2,2-4H3,(H,27,28,30);2H2,1H3/b15-12-;. The molecule has 12 heteroatoms. The van der Waals surface area contributed by atoms with Crippen LogP contribution in [0.1, 0.15) is 5.56 Å². The average molecular weight is 534 g/mol. The van der Waals surface area contributed by atoms with Gasteiger partial charge in [-0.25, -0.2) is 9.37 Å². The third kappa shape index (κ3) is 7.89. The van der Waals surface area contributed by atoms with E-state index in [1.54, 1.807) is 26.4 Å². The molecule has 0 bridgehead atoms. The molecular formula is C24H29ClFN7O2S. The molecule has 1 aliphatic rings. The van der Waals surface area contributed by atoms with Crippen molar-refractivity contribution in [2.24, 2.45) is 20.7 Å². The molecule has 2 aromatic rings. The maximum Gasteiger partial charge on any atom is 0.228 e. The van der Waals surface area contributed by atoms with Crippen molar-refractivity contribution >= 4 is 53.2 Å². The number of rotatable bonds is 9. The third-order valence-electron chi connectivity index (χ3n) is 4.55. The van der Waals surface area contributed by atoms with E-state index < -0.39 is 5.82 Å². The van der Waals surface area contributed by atoms with Gasteiger partial charge in [-0.05, 0) is 61.6 Å². The Morgan fingerprint density at radius 1 is 1.25 bits per heavy atom. The molecule has 0 spiro atoms. The summed E-state index contributed by atoms with van der Waals surface area (Å²) in [6.45, 7) is 4.38. The number of hydrogen-bond acceptors (Lipinski definition) is 9. The smallest absolute Gasteiger partial charge is 0.228 e. The van der Waals surface area contributed by atoms with E-state index >= 15 is 0 Å². The molecule has 0 atom stereocenters. The van der Waals surface area contributed by atoms with Gasteiger partial charge in [-0.15, -0.1) is 0 Å². The first kappa shape index (κ1) is 29.0. The minimum Gasteiger partial charge on any atom is -0.480 e. The highest BCUT2D eigenvalue weighted by Crippen LogP contribution is 2.32. The van der Waals surface area contributed by atoms with Gasteiger partial charge >= 0.3 is 0 Å². The zero-order chi connectivity index (χ0) is 26.5. The van der Waals surface area contributed by atoms with Crippen LogP contribution in [0.5, 0.6) is 5.88 Å². The molecule has 1 aromatic carbocycles. The quantitative estimate of drug-likeness (QED) is 0.251. The summed E-state index contributed by atoms with van der Waals surface area (Å²) in [5.41, 5.74) is 7.00. The molecule has 0 aliphatic carbocycles. The number of nitrogens with one attached hydrogen (secondary N) is 2. The molecule has 1 aromatic heterocycles. The van der Waals surface area contributed by atoms with E-state index in [-0.39, 0.29) is 0 Å². The highest BCUT2D eigenvalue weighted by Gasteiger charge is 2.21. The van der Waals surface area contributed by atoms with E-state index in [0.29, 0.717) is 63.0 Å². The minimum absolute atomic E-state index is 0.406. The molecule has 2 heterocycles. The number of aliphatic imine (C=N–C) groups is 3. The molecule has 0 amide bonds. The third-order valence-corrected chi connectivity index (χ3v) is 5.61. The van der Waals surface area contributed by atoms with Crippen molar-refractivity contribution in [3.8, 4) is 5.88 Å². The van der Waals surface area contributed by atoms with Gasteiger partial charge in [0, 0.05) is 43.4 Å². The van der Waals surface area contributed by atoms with E-state index in [0.717, 1.165) is 0 Å². The molecule has 9 nitrogen and oxygen atoms in total. The number of ether oxygens (including phenoxy) is 2. The van der Waals surface area contributed by atoms with Gasteiger partial charge in [-0.2, -0.15) is 0 Å². The minimum atomic E-state index is -0.420. The van der Waals surface area contributed by atoms with Gasteiger partial charge in [0.05, 0.1) is 30.2 Å². The van der Waals surface area contributed by atoms with E-state index in [9.17, 15) is 4.39 Å². The summed E-state index contributed by atoms with van der Waals surface area (Å²) in [4.78, 5) is 17.5. The summed E-state index contributed by atoms with van der Waals surface area (Å²) in [6.07, 6.45) is 4.91. The molecule has 0 saturated carbocycles. The number of aromatic nitrogens is 1. The number of benzene rings is 1. The molecule has 3 rings (SSSR count). The van der Waals surface area contributed by atoms with E-state index in [2.05, 4.69) is 42.5 Å². The second-order valence-electron chi connectivity index (χ2n) is 6.84. The summed E-state index contributed by atoms with van der Waals surface area (Å²) in [5, 5.41) is 3.66. The first-order chi connectivity index (χ1) is 17.5. The predicted octanol–water partition coefficient (Wildman–Crippen LogP) is 4.22. The summed E-state index contributed by atoms with van der Waals surface area (Å²) in [7, 11) is 6.28. The van der Waals surface area contributed by atoms with Gasteiger partial charge < -0.3 is 25.2 Å². The average Bonchev–Trinajstić information content (AvgIpc) is 2.89. The van der Waals surface area contributed by atoms with Crippen LogP contribution in [-0.4, -0.2) is 64.8 Å². The second kappa shape index (κ2) is 15.0. The monoisotopic (exact) mass is 533 g/mol. The molecule has 36 heavy (non-hydrogen) atoms. The van der Waals surface area contributed by atoms with E-state index in [1.807, 2.05) is 12.1 Å². The summed E-state index contributed by atoms with van der Waals surface area (Å²) >= 11 is 7.27. The Bertz CT molecular complexity index is 1190. The Morgan fingerprint density at radius 3 is 2.69 bits per heavy atom. The number of nitrogens with two attached hydrogens (primary N) is 1. The van der Waals surface area contributed by atoms with Crippen molar-refractivity contribution in [1.29, 1.82) is 0 Å². The lowest BCUT2D eigenvalue weighted by Crippen LogP contribution is -2.36. The van der Waals surface area contributed by atoms with Crippen LogP contribution in [0.2, 0.25) is 5.02 Å². The number of halogens is 2. The SMILES string of the molecule is C=N/C=C1/C=C(c2cc(F)cc(NSc3cc(Cl)cnc3OC)c2)C(=NCCOC)NC1=NC.CN. The summed E-state index contributed by atoms with van der Waals surface area (Å²) < 4.78 is 28.2. The number of methoxy groups -OCH3 is 2. The van der Waals surface area contributed by atoms with Gasteiger partial charge in [-0.1, -0.05) is 11.6 Å². The van der Waals surface area contributed by atoms with Crippen molar-refractivity contribution in [1.82, 2.24) is 10.3 Å². The fraction of sp³-hybridized carbons (Fsp3) is 0.250. The van der Waals surface area contributed by atoms with Crippen molar-refractivity contribution in [3.63, 3.8) is 0 Å². The van der Waals surface area contributed by atoms with Gasteiger partial charge in [0.25, 0.3) is 0 Å². The molecule has 0 unspecified atom stereocenters. The zero-order valence-corrected chi connectivity index (χ0v) is 22.1. The fourth-order valence-corrected chi connectivity index (χ4v) is 4.05. The molecule has 0 fully saturated rings. The van der Waals surface area contributed by atoms with Crippen LogP contribution in [0.4, 0.5) is 10.1 Å². The summed E-state index contributed by atoms with van der Waals surface area (Å²) in [5.74, 6) is 1.11.